The molecule has 1 aliphatic heterocycles. The van der Waals surface area contributed by atoms with Crippen LogP contribution in [0.3, 0.4) is 0 Å². The minimum Gasteiger partial charge on any atom is -0.339 e. The van der Waals surface area contributed by atoms with Crippen LogP contribution in [0.4, 0.5) is 0 Å². The van der Waals surface area contributed by atoms with Crippen molar-refractivity contribution in [3.05, 3.63) is 64.7 Å². The van der Waals surface area contributed by atoms with Gasteiger partial charge in [-0.2, -0.15) is 0 Å². The molecule has 0 bridgehead atoms. The molecule has 0 saturated carbocycles. The molecule has 0 aliphatic carbocycles. The van der Waals surface area contributed by atoms with E-state index in [1.165, 1.54) is 0 Å². The van der Waals surface area contributed by atoms with Gasteiger partial charge in [-0.3, -0.25) is 4.79 Å². The van der Waals surface area contributed by atoms with Crippen molar-refractivity contribution in [3.8, 4) is 0 Å². The van der Waals surface area contributed by atoms with Gasteiger partial charge in [-0.05, 0) is 80.8 Å². The Labute approximate surface area is 174 Å². The molecule has 2 aromatic rings. The zero-order valence-corrected chi connectivity index (χ0v) is 18.3. The van der Waals surface area contributed by atoms with Gasteiger partial charge in [0.05, 0.1) is 4.90 Å². The van der Waals surface area contributed by atoms with E-state index < -0.39 is 10.0 Å². The fourth-order valence-electron chi connectivity index (χ4n) is 3.89. The van der Waals surface area contributed by atoms with E-state index in [-0.39, 0.29) is 5.91 Å². The lowest BCUT2D eigenvalue weighted by Gasteiger charge is -2.32. The van der Waals surface area contributed by atoms with E-state index in [0.29, 0.717) is 17.4 Å². The van der Waals surface area contributed by atoms with Gasteiger partial charge in [0.2, 0.25) is 10.0 Å². The number of amides is 1. The van der Waals surface area contributed by atoms with E-state index in [9.17, 15) is 13.2 Å². The number of benzene rings is 2. The zero-order chi connectivity index (χ0) is 21.0. The van der Waals surface area contributed by atoms with Crippen LogP contribution in [-0.2, 0) is 10.0 Å². The average Bonchev–Trinajstić information content (AvgIpc) is 2.71. The Morgan fingerprint density at radius 1 is 1.00 bits per heavy atom. The number of piperidine rings is 1. The fraction of sp³-hybridized carbons (Fsp3) is 0.435. The highest BCUT2D eigenvalue weighted by molar-refractivity contribution is 7.89. The normalized spacial score (nSPS) is 15.5. The van der Waals surface area contributed by atoms with Crippen LogP contribution in [0.15, 0.2) is 47.4 Å². The molecule has 0 atom stereocenters. The molecule has 1 saturated heterocycles. The molecule has 1 N–H and O–H groups in total. The Balaban J connectivity index is 1.50. The Hall–Kier alpha value is -2.18. The highest BCUT2D eigenvalue weighted by Gasteiger charge is 2.24. The molecule has 0 radical (unpaired) electrons. The lowest BCUT2D eigenvalue weighted by molar-refractivity contribution is 0.0687. The summed E-state index contributed by atoms with van der Waals surface area (Å²) in [5, 5.41) is 0. The second kappa shape index (κ2) is 9.09. The molecule has 156 valence electrons. The maximum Gasteiger partial charge on any atom is 0.253 e. The average molecular weight is 415 g/mol. The Bertz CT molecular complexity index is 963. The third-order valence-electron chi connectivity index (χ3n) is 5.85. The van der Waals surface area contributed by atoms with Gasteiger partial charge in [0.1, 0.15) is 0 Å². The summed E-state index contributed by atoms with van der Waals surface area (Å²) in [6.07, 6.45) is 2.60. The van der Waals surface area contributed by atoms with Gasteiger partial charge in [0.25, 0.3) is 5.91 Å². The van der Waals surface area contributed by atoms with Crippen molar-refractivity contribution in [2.24, 2.45) is 5.92 Å². The van der Waals surface area contributed by atoms with Crippen molar-refractivity contribution >= 4 is 15.9 Å². The number of sulfonamides is 1. The number of nitrogens with one attached hydrogen (secondary N) is 1. The van der Waals surface area contributed by atoms with Crippen LogP contribution in [0.25, 0.3) is 0 Å². The van der Waals surface area contributed by atoms with Crippen LogP contribution in [0, 0.1) is 26.7 Å². The van der Waals surface area contributed by atoms with Crippen LogP contribution in [-0.4, -0.2) is 38.9 Å². The van der Waals surface area contributed by atoms with Crippen molar-refractivity contribution in [2.45, 2.75) is 44.9 Å². The molecule has 5 nitrogen and oxygen atoms in total. The van der Waals surface area contributed by atoms with Crippen LogP contribution >= 0.6 is 0 Å². The molecule has 1 heterocycles. The van der Waals surface area contributed by atoms with Crippen molar-refractivity contribution in [3.63, 3.8) is 0 Å². The molecular formula is C23H30N2O3S. The molecule has 1 amide bonds. The van der Waals surface area contributed by atoms with Gasteiger partial charge in [0, 0.05) is 25.2 Å². The van der Waals surface area contributed by atoms with E-state index in [1.54, 1.807) is 6.07 Å². The first kappa shape index (κ1) is 21.5. The van der Waals surface area contributed by atoms with E-state index in [1.807, 2.05) is 62.1 Å². The minimum absolute atomic E-state index is 0.0787. The van der Waals surface area contributed by atoms with E-state index >= 15 is 0 Å². The summed E-state index contributed by atoms with van der Waals surface area (Å²) >= 11 is 0. The monoisotopic (exact) mass is 414 g/mol. The van der Waals surface area contributed by atoms with Crippen molar-refractivity contribution in [1.82, 2.24) is 9.62 Å². The first-order valence-corrected chi connectivity index (χ1v) is 11.7. The number of carbonyl (C=O) groups is 1. The van der Waals surface area contributed by atoms with Crippen LogP contribution in [0.1, 0.15) is 46.3 Å². The highest BCUT2D eigenvalue weighted by atomic mass is 32.2. The number of hydrogen-bond acceptors (Lipinski definition) is 3. The summed E-state index contributed by atoms with van der Waals surface area (Å²) < 4.78 is 28.1. The molecule has 2 aromatic carbocycles. The standard InChI is InChI=1S/C23H30N2O3S/c1-17-15-19(3)22(16-18(17)2)29(27,28)24-12-9-20-10-13-25(14-11-20)23(26)21-7-5-4-6-8-21/h4-8,15-16,20,24H,9-14H2,1-3H3. The molecule has 0 unspecified atom stereocenters. The van der Waals surface area contributed by atoms with Gasteiger partial charge in [-0.25, -0.2) is 13.1 Å². The Kier molecular flexibility index (Phi) is 6.75. The number of carbonyl (C=O) groups excluding carboxylic acids is 1. The van der Waals surface area contributed by atoms with E-state index in [4.69, 9.17) is 0 Å². The summed E-state index contributed by atoms with van der Waals surface area (Å²) in [6.45, 7) is 7.62. The van der Waals surface area contributed by atoms with Crippen LogP contribution in [0.5, 0.6) is 0 Å². The third kappa shape index (κ3) is 5.25. The summed E-state index contributed by atoms with van der Waals surface area (Å²) in [5.74, 6) is 0.508. The molecule has 0 spiro atoms. The molecule has 1 fully saturated rings. The second-order valence-electron chi connectivity index (χ2n) is 7.99. The van der Waals surface area contributed by atoms with Crippen molar-refractivity contribution < 1.29 is 13.2 Å². The third-order valence-corrected chi connectivity index (χ3v) is 7.45. The molecule has 29 heavy (non-hydrogen) atoms. The second-order valence-corrected chi connectivity index (χ2v) is 9.73. The molecule has 0 aromatic heterocycles. The predicted molar refractivity (Wildman–Crippen MR) is 116 cm³/mol. The quantitative estimate of drug-likeness (QED) is 0.781. The van der Waals surface area contributed by atoms with Crippen molar-refractivity contribution in [1.29, 1.82) is 0 Å². The Morgan fingerprint density at radius 3 is 2.28 bits per heavy atom. The summed E-state index contributed by atoms with van der Waals surface area (Å²) in [5.41, 5.74) is 3.57. The summed E-state index contributed by atoms with van der Waals surface area (Å²) in [7, 11) is -3.51. The van der Waals surface area contributed by atoms with Gasteiger partial charge in [-0.1, -0.05) is 24.3 Å². The topological polar surface area (TPSA) is 66.5 Å². The molecular weight excluding hydrogens is 384 g/mol. The minimum atomic E-state index is -3.51. The van der Waals surface area contributed by atoms with Crippen LogP contribution in [0.2, 0.25) is 0 Å². The number of nitrogens with zero attached hydrogens (tertiary/aromatic N) is 1. The van der Waals surface area contributed by atoms with Gasteiger partial charge < -0.3 is 4.90 Å². The molecule has 6 heteroatoms. The van der Waals surface area contributed by atoms with Gasteiger partial charge in [-0.15, -0.1) is 0 Å². The highest BCUT2D eigenvalue weighted by Crippen LogP contribution is 2.23. The maximum atomic E-state index is 12.7. The van der Waals surface area contributed by atoms with E-state index in [0.717, 1.165) is 54.6 Å². The lowest BCUT2D eigenvalue weighted by Crippen LogP contribution is -2.39. The van der Waals surface area contributed by atoms with Gasteiger partial charge >= 0.3 is 0 Å². The number of rotatable bonds is 6. The van der Waals surface area contributed by atoms with E-state index in [2.05, 4.69) is 4.72 Å². The summed E-state index contributed by atoms with van der Waals surface area (Å²) in [4.78, 5) is 14.8. The van der Waals surface area contributed by atoms with Crippen LogP contribution < -0.4 is 4.72 Å². The van der Waals surface area contributed by atoms with Crippen molar-refractivity contribution in [2.75, 3.05) is 19.6 Å². The van der Waals surface area contributed by atoms with Gasteiger partial charge in [0.15, 0.2) is 0 Å². The number of aryl methyl sites for hydroxylation is 3. The predicted octanol–water partition coefficient (Wildman–Crippen LogP) is 3.83. The summed E-state index contributed by atoms with van der Waals surface area (Å²) in [6, 6.07) is 13.0. The Morgan fingerprint density at radius 2 is 1.62 bits per heavy atom. The maximum absolute atomic E-state index is 12.7. The largest absolute Gasteiger partial charge is 0.339 e. The first-order valence-electron chi connectivity index (χ1n) is 10.2. The smallest absolute Gasteiger partial charge is 0.253 e. The molecule has 3 rings (SSSR count). The first-order chi connectivity index (χ1) is 13.8. The number of hydrogen-bond donors (Lipinski definition) is 1. The fourth-order valence-corrected chi connectivity index (χ4v) is 5.24. The SMILES string of the molecule is Cc1cc(C)c(S(=O)(=O)NCCC2CCN(C(=O)c3ccccc3)CC2)cc1C. The number of likely N-dealkylation sites (tertiary alicyclic amines) is 1. The lowest BCUT2D eigenvalue weighted by atomic mass is 9.93. The molecule has 1 aliphatic rings. The zero-order valence-electron chi connectivity index (χ0n) is 17.4.